The lowest BCUT2D eigenvalue weighted by Crippen LogP contribution is -2.46. The van der Waals surface area contributed by atoms with E-state index in [4.69, 9.17) is 5.11 Å². The van der Waals surface area contributed by atoms with E-state index in [1.807, 2.05) is 17.7 Å². The van der Waals surface area contributed by atoms with Crippen molar-refractivity contribution >= 4 is 21.5 Å². The molecule has 0 radical (unpaired) electrons. The molecule has 0 saturated carbocycles. The number of aliphatic hydroxyl groups excluding tert-OH is 1. The molecule has 0 aliphatic carbocycles. The molecule has 1 aromatic heterocycles. The number of hydrogen-bond donors (Lipinski definition) is 2. The molecule has 2 N–H and O–H groups in total. The average Bonchev–Trinajstić information content (AvgIpc) is 2.82. The van der Waals surface area contributed by atoms with Crippen LogP contribution in [0.5, 0.6) is 0 Å². The van der Waals surface area contributed by atoms with Crippen LogP contribution in [0.3, 0.4) is 0 Å². The molecule has 1 unspecified atom stereocenters. The fraction of sp³-hybridized carbons (Fsp3) is 0.667. The highest BCUT2D eigenvalue weighted by molar-refractivity contribution is 7.87. The molecule has 108 valence electrons. The van der Waals surface area contributed by atoms with Gasteiger partial charge in [-0.1, -0.05) is 0 Å². The maximum absolute atomic E-state index is 12.2. The van der Waals surface area contributed by atoms with E-state index < -0.39 is 10.2 Å². The van der Waals surface area contributed by atoms with Gasteiger partial charge >= 0.3 is 0 Å². The first-order chi connectivity index (χ1) is 9.03. The number of aryl methyl sites for hydroxylation is 1. The van der Waals surface area contributed by atoms with Gasteiger partial charge in [0.05, 0.1) is 0 Å². The largest absolute Gasteiger partial charge is 0.396 e. The summed E-state index contributed by atoms with van der Waals surface area (Å²) < 4.78 is 28.5. The van der Waals surface area contributed by atoms with Crippen LogP contribution >= 0.6 is 11.3 Å². The summed E-state index contributed by atoms with van der Waals surface area (Å²) in [6, 6.07) is 0. The first kappa shape index (κ1) is 14.9. The van der Waals surface area contributed by atoms with Gasteiger partial charge in [-0.25, -0.2) is 0 Å². The quantitative estimate of drug-likeness (QED) is 0.856. The van der Waals surface area contributed by atoms with Gasteiger partial charge in [0, 0.05) is 26.2 Å². The van der Waals surface area contributed by atoms with Gasteiger partial charge in [0.15, 0.2) is 0 Å². The first-order valence-corrected chi connectivity index (χ1v) is 8.78. The zero-order valence-corrected chi connectivity index (χ0v) is 12.6. The number of hydrogen-bond acceptors (Lipinski definition) is 4. The molecular weight excluding hydrogens is 284 g/mol. The number of piperidine rings is 1. The molecule has 1 saturated heterocycles. The maximum Gasteiger partial charge on any atom is 0.279 e. The lowest BCUT2D eigenvalue weighted by molar-refractivity contribution is 0.164. The Kier molecular flexibility index (Phi) is 4.97. The number of nitrogens with one attached hydrogen (secondary N) is 1. The normalized spacial score (nSPS) is 21.7. The molecule has 1 aromatic rings. The van der Waals surface area contributed by atoms with Crippen molar-refractivity contribution in [3.05, 3.63) is 21.9 Å². The molecule has 2 rings (SSSR count). The average molecular weight is 304 g/mol. The van der Waals surface area contributed by atoms with E-state index in [-0.39, 0.29) is 12.5 Å². The molecule has 1 aliphatic rings. The molecule has 7 heteroatoms. The van der Waals surface area contributed by atoms with E-state index in [2.05, 4.69) is 4.72 Å². The number of rotatable bonds is 5. The van der Waals surface area contributed by atoms with E-state index in [1.165, 1.54) is 4.31 Å². The molecule has 1 atom stereocenters. The molecule has 0 aromatic carbocycles. The summed E-state index contributed by atoms with van der Waals surface area (Å²) in [7, 11) is -3.44. The number of thiophene rings is 1. The van der Waals surface area contributed by atoms with Gasteiger partial charge in [-0.05, 0) is 47.6 Å². The second-order valence-corrected chi connectivity index (χ2v) is 7.45. The SMILES string of the molecule is Cc1cscc1CNS(=O)(=O)N1CCCC(CO)C1. The summed E-state index contributed by atoms with van der Waals surface area (Å²) in [4.78, 5) is 0. The Morgan fingerprint density at radius 3 is 2.95 bits per heavy atom. The van der Waals surface area contributed by atoms with Crippen LogP contribution in [0.15, 0.2) is 10.8 Å². The standard InChI is InChI=1S/C12H20N2O3S2/c1-10-8-18-9-12(10)5-13-19(16,17)14-4-2-3-11(6-14)7-15/h8-9,11,13,15H,2-7H2,1H3. The third kappa shape index (κ3) is 3.76. The van der Waals surface area contributed by atoms with E-state index in [0.717, 1.165) is 24.0 Å². The Balaban J connectivity index is 1.96. The van der Waals surface area contributed by atoms with Crippen molar-refractivity contribution < 1.29 is 13.5 Å². The maximum atomic E-state index is 12.2. The van der Waals surface area contributed by atoms with Crippen LogP contribution in [0.2, 0.25) is 0 Å². The van der Waals surface area contributed by atoms with Crippen LogP contribution in [0.1, 0.15) is 24.0 Å². The van der Waals surface area contributed by atoms with Crippen molar-refractivity contribution in [1.29, 1.82) is 0 Å². The Labute approximate surface area is 118 Å². The summed E-state index contributed by atoms with van der Waals surface area (Å²) in [5.74, 6) is 0.0632. The molecule has 5 nitrogen and oxygen atoms in total. The monoisotopic (exact) mass is 304 g/mol. The zero-order chi connectivity index (χ0) is 13.9. The molecule has 19 heavy (non-hydrogen) atoms. The van der Waals surface area contributed by atoms with Crippen molar-refractivity contribution in [3.8, 4) is 0 Å². The molecule has 1 fully saturated rings. The molecule has 2 heterocycles. The van der Waals surface area contributed by atoms with Crippen LogP contribution in [-0.2, 0) is 16.8 Å². The van der Waals surface area contributed by atoms with Crippen molar-refractivity contribution in [2.24, 2.45) is 5.92 Å². The third-order valence-electron chi connectivity index (χ3n) is 3.49. The number of aliphatic hydroxyl groups is 1. The summed E-state index contributed by atoms with van der Waals surface area (Å²) >= 11 is 1.57. The van der Waals surface area contributed by atoms with Gasteiger partial charge in [-0.3, -0.25) is 0 Å². The highest BCUT2D eigenvalue weighted by atomic mass is 32.2. The summed E-state index contributed by atoms with van der Waals surface area (Å²) in [6.07, 6.45) is 1.70. The second-order valence-electron chi connectivity index (χ2n) is 4.96. The van der Waals surface area contributed by atoms with Gasteiger partial charge < -0.3 is 5.11 Å². The minimum atomic E-state index is -3.44. The molecular formula is C12H20N2O3S2. The van der Waals surface area contributed by atoms with Crippen molar-refractivity contribution in [1.82, 2.24) is 9.03 Å². The second kappa shape index (κ2) is 6.32. The predicted octanol–water partition coefficient (Wildman–Crippen LogP) is 1.10. The summed E-state index contributed by atoms with van der Waals surface area (Å²) in [5, 5.41) is 13.1. The fourth-order valence-electron chi connectivity index (χ4n) is 2.22. The molecule has 0 amide bonds. The van der Waals surface area contributed by atoms with Crippen molar-refractivity contribution in [2.75, 3.05) is 19.7 Å². The van der Waals surface area contributed by atoms with Crippen LogP contribution < -0.4 is 4.72 Å². The van der Waals surface area contributed by atoms with E-state index in [0.29, 0.717) is 19.6 Å². The van der Waals surface area contributed by atoms with Gasteiger partial charge in [-0.2, -0.15) is 28.8 Å². The Morgan fingerprint density at radius 2 is 2.32 bits per heavy atom. The Morgan fingerprint density at radius 1 is 1.53 bits per heavy atom. The summed E-state index contributed by atoms with van der Waals surface area (Å²) in [6.45, 7) is 3.30. The van der Waals surface area contributed by atoms with Gasteiger partial charge in [-0.15, -0.1) is 0 Å². The van der Waals surface area contributed by atoms with E-state index >= 15 is 0 Å². The van der Waals surface area contributed by atoms with Gasteiger partial charge in [0.25, 0.3) is 10.2 Å². The Hall–Kier alpha value is -0.470. The highest BCUT2D eigenvalue weighted by Crippen LogP contribution is 2.19. The zero-order valence-electron chi connectivity index (χ0n) is 11.0. The van der Waals surface area contributed by atoms with Crippen molar-refractivity contribution in [2.45, 2.75) is 26.3 Å². The van der Waals surface area contributed by atoms with Crippen molar-refractivity contribution in [3.63, 3.8) is 0 Å². The minimum absolute atomic E-state index is 0.0512. The fourth-order valence-corrected chi connectivity index (χ4v) is 4.38. The van der Waals surface area contributed by atoms with E-state index in [9.17, 15) is 8.42 Å². The topological polar surface area (TPSA) is 69.6 Å². The number of nitrogens with zero attached hydrogens (tertiary/aromatic N) is 1. The van der Waals surface area contributed by atoms with Crippen LogP contribution in [0, 0.1) is 12.8 Å². The third-order valence-corrected chi connectivity index (χ3v) is 5.92. The van der Waals surface area contributed by atoms with Crippen LogP contribution in [-0.4, -0.2) is 37.5 Å². The van der Waals surface area contributed by atoms with Crippen LogP contribution in [0.25, 0.3) is 0 Å². The summed E-state index contributed by atoms with van der Waals surface area (Å²) in [5.41, 5.74) is 2.13. The minimum Gasteiger partial charge on any atom is -0.396 e. The van der Waals surface area contributed by atoms with Crippen LogP contribution in [0.4, 0.5) is 0 Å². The Bertz CT molecular complexity index is 513. The molecule has 0 spiro atoms. The highest BCUT2D eigenvalue weighted by Gasteiger charge is 2.28. The van der Waals surface area contributed by atoms with E-state index in [1.54, 1.807) is 11.3 Å². The lowest BCUT2D eigenvalue weighted by Gasteiger charge is -2.30. The molecule has 0 bridgehead atoms. The molecule has 1 aliphatic heterocycles. The first-order valence-electron chi connectivity index (χ1n) is 6.40. The smallest absolute Gasteiger partial charge is 0.279 e. The van der Waals surface area contributed by atoms with Gasteiger partial charge in [0.2, 0.25) is 0 Å². The lowest BCUT2D eigenvalue weighted by atomic mass is 10.0. The van der Waals surface area contributed by atoms with Gasteiger partial charge in [0.1, 0.15) is 0 Å². The predicted molar refractivity (Wildman–Crippen MR) is 76.2 cm³/mol.